The van der Waals surface area contributed by atoms with Crippen molar-refractivity contribution in [2.75, 3.05) is 19.6 Å². The van der Waals surface area contributed by atoms with Crippen LogP contribution < -0.4 is 10.6 Å². The van der Waals surface area contributed by atoms with Crippen LogP contribution in [0.3, 0.4) is 0 Å². The molecule has 5 heteroatoms. The van der Waals surface area contributed by atoms with E-state index in [2.05, 4.69) is 27.5 Å². The van der Waals surface area contributed by atoms with Gasteiger partial charge in [-0.05, 0) is 31.3 Å². The summed E-state index contributed by atoms with van der Waals surface area (Å²) in [4.78, 5) is 18.3. The third-order valence-electron chi connectivity index (χ3n) is 3.23. The standard InChI is InChI=1S/C11H18N4O/c1-11(2-4-12-5-3-11)7-14-10(16)9-6-13-8-15-9/h6,8,12H,2-5,7H2,1H3,(H,13,15)(H,14,16). The number of H-pyrrole nitrogens is 1. The van der Waals surface area contributed by atoms with E-state index in [9.17, 15) is 4.79 Å². The molecular weight excluding hydrogens is 204 g/mol. The van der Waals surface area contributed by atoms with Crippen LogP contribution in [0.2, 0.25) is 0 Å². The highest BCUT2D eigenvalue weighted by Gasteiger charge is 2.27. The maximum absolute atomic E-state index is 11.7. The lowest BCUT2D eigenvalue weighted by atomic mass is 9.81. The van der Waals surface area contributed by atoms with E-state index in [-0.39, 0.29) is 11.3 Å². The summed E-state index contributed by atoms with van der Waals surface area (Å²) in [6.07, 6.45) is 5.27. The Bertz CT molecular complexity index is 341. The maximum atomic E-state index is 11.7. The first-order chi connectivity index (χ1) is 7.70. The lowest BCUT2D eigenvalue weighted by molar-refractivity contribution is 0.0918. The average molecular weight is 222 g/mol. The van der Waals surface area contributed by atoms with Crippen molar-refractivity contribution < 1.29 is 4.79 Å². The zero-order chi connectivity index (χ0) is 11.4. The quantitative estimate of drug-likeness (QED) is 0.698. The van der Waals surface area contributed by atoms with Crippen LogP contribution in [0.1, 0.15) is 30.3 Å². The van der Waals surface area contributed by atoms with Crippen molar-refractivity contribution in [3.8, 4) is 0 Å². The molecule has 1 aliphatic rings. The number of hydrogen-bond donors (Lipinski definition) is 3. The fourth-order valence-electron chi connectivity index (χ4n) is 1.98. The lowest BCUT2D eigenvalue weighted by Gasteiger charge is -2.34. The van der Waals surface area contributed by atoms with Gasteiger partial charge >= 0.3 is 0 Å². The molecule has 0 spiro atoms. The third-order valence-corrected chi connectivity index (χ3v) is 3.23. The van der Waals surface area contributed by atoms with Crippen molar-refractivity contribution in [3.63, 3.8) is 0 Å². The molecule has 0 radical (unpaired) electrons. The fraction of sp³-hybridized carbons (Fsp3) is 0.636. The van der Waals surface area contributed by atoms with Gasteiger partial charge < -0.3 is 15.6 Å². The largest absolute Gasteiger partial charge is 0.350 e. The molecule has 0 saturated carbocycles. The molecule has 1 fully saturated rings. The number of imidazole rings is 1. The van der Waals surface area contributed by atoms with E-state index in [4.69, 9.17) is 0 Å². The molecular formula is C11H18N4O. The Balaban J connectivity index is 1.84. The Morgan fingerprint density at radius 3 is 2.94 bits per heavy atom. The van der Waals surface area contributed by atoms with Crippen LogP contribution in [-0.2, 0) is 0 Å². The summed E-state index contributed by atoms with van der Waals surface area (Å²) in [5.74, 6) is -0.0720. The number of carbonyl (C=O) groups excluding carboxylic acids is 1. The zero-order valence-corrected chi connectivity index (χ0v) is 9.55. The van der Waals surface area contributed by atoms with Crippen molar-refractivity contribution in [1.82, 2.24) is 20.6 Å². The van der Waals surface area contributed by atoms with E-state index < -0.39 is 0 Å². The average Bonchev–Trinajstić information content (AvgIpc) is 2.80. The monoisotopic (exact) mass is 222 g/mol. The lowest BCUT2D eigenvalue weighted by Crippen LogP contribution is -2.42. The van der Waals surface area contributed by atoms with E-state index in [1.165, 1.54) is 6.33 Å². The highest BCUT2D eigenvalue weighted by Crippen LogP contribution is 2.26. The topological polar surface area (TPSA) is 69.8 Å². The minimum Gasteiger partial charge on any atom is -0.350 e. The molecule has 16 heavy (non-hydrogen) atoms. The minimum absolute atomic E-state index is 0.0720. The molecule has 1 aromatic rings. The predicted molar refractivity (Wildman–Crippen MR) is 61.1 cm³/mol. The Morgan fingerprint density at radius 2 is 2.31 bits per heavy atom. The van der Waals surface area contributed by atoms with Crippen molar-refractivity contribution in [2.24, 2.45) is 5.41 Å². The number of aromatic amines is 1. The first-order valence-electron chi connectivity index (χ1n) is 5.67. The summed E-state index contributed by atoms with van der Waals surface area (Å²) in [7, 11) is 0. The number of nitrogens with zero attached hydrogens (tertiary/aromatic N) is 1. The molecule has 0 aromatic carbocycles. The minimum atomic E-state index is -0.0720. The van der Waals surface area contributed by atoms with Crippen molar-refractivity contribution >= 4 is 5.91 Å². The van der Waals surface area contributed by atoms with E-state index in [1.54, 1.807) is 6.20 Å². The summed E-state index contributed by atoms with van der Waals surface area (Å²) in [6, 6.07) is 0. The molecule has 0 atom stereocenters. The molecule has 1 aromatic heterocycles. The number of aromatic nitrogens is 2. The van der Waals surface area contributed by atoms with Crippen molar-refractivity contribution in [2.45, 2.75) is 19.8 Å². The number of nitrogens with one attached hydrogen (secondary N) is 3. The van der Waals surface area contributed by atoms with Crippen LogP contribution in [0, 0.1) is 5.41 Å². The Morgan fingerprint density at radius 1 is 1.56 bits per heavy atom. The van der Waals surface area contributed by atoms with Gasteiger partial charge in [0.2, 0.25) is 0 Å². The molecule has 1 amide bonds. The molecule has 88 valence electrons. The Labute approximate surface area is 95.0 Å². The number of hydrogen-bond acceptors (Lipinski definition) is 3. The van der Waals surface area contributed by atoms with E-state index in [0.717, 1.165) is 32.5 Å². The fourth-order valence-corrected chi connectivity index (χ4v) is 1.98. The van der Waals surface area contributed by atoms with Gasteiger partial charge in [-0.25, -0.2) is 4.98 Å². The second-order valence-corrected chi connectivity index (χ2v) is 4.71. The normalized spacial score (nSPS) is 19.3. The molecule has 1 saturated heterocycles. The molecule has 1 aliphatic heterocycles. The Hall–Kier alpha value is -1.36. The van der Waals surface area contributed by atoms with Gasteiger partial charge in [-0.2, -0.15) is 0 Å². The van der Waals surface area contributed by atoms with Crippen LogP contribution in [-0.4, -0.2) is 35.5 Å². The van der Waals surface area contributed by atoms with Gasteiger partial charge in [0.1, 0.15) is 5.69 Å². The first kappa shape index (κ1) is 11.1. The number of rotatable bonds is 3. The smallest absolute Gasteiger partial charge is 0.269 e. The van der Waals surface area contributed by atoms with Gasteiger partial charge in [0.15, 0.2) is 0 Å². The Kier molecular flexibility index (Phi) is 3.24. The second-order valence-electron chi connectivity index (χ2n) is 4.71. The number of piperidine rings is 1. The van der Waals surface area contributed by atoms with Gasteiger partial charge in [0, 0.05) is 6.54 Å². The molecule has 2 heterocycles. The van der Waals surface area contributed by atoms with Gasteiger partial charge in [0.25, 0.3) is 5.91 Å². The number of amides is 1. The summed E-state index contributed by atoms with van der Waals surface area (Å²) in [5, 5.41) is 6.28. The molecule has 0 aliphatic carbocycles. The van der Waals surface area contributed by atoms with Crippen LogP contribution in [0.5, 0.6) is 0 Å². The van der Waals surface area contributed by atoms with Crippen LogP contribution in [0.25, 0.3) is 0 Å². The molecule has 0 bridgehead atoms. The van der Waals surface area contributed by atoms with Crippen LogP contribution in [0.4, 0.5) is 0 Å². The molecule has 3 N–H and O–H groups in total. The summed E-state index contributed by atoms with van der Waals surface area (Å²) in [5.41, 5.74) is 0.749. The van der Waals surface area contributed by atoms with E-state index >= 15 is 0 Å². The SMILES string of the molecule is CC1(CNC(=O)c2cnc[nH]2)CCNCC1. The molecule has 5 nitrogen and oxygen atoms in total. The summed E-state index contributed by atoms with van der Waals surface area (Å²) < 4.78 is 0. The van der Waals surface area contributed by atoms with Gasteiger partial charge in [-0.1, -0.05) is 6.92 Å². The molecule has 2 rings (SSSR count). The van der Waals surface area contributed by atoms with Crippen molar-refractivity contribution in [3.05, 3.63) is 18.2 Å². The summed E-state index contributed by atoms with van der Waals surface area (Å²) in [6.45, 7) is 5.03. The summed E-state index contributed by atoms with van der Waals surface area (Å²) >= 11 is 0. The zero-order valence-electron chi connectivity index (χ0n) is 9.55. The second kappa shape index (κ2) is 4.65. The van der Waals surface area contributed by atoms with Crippen LogP contribution in [0.15, 0.2) is 12.5 Å². The van der Waals surface area contributed by atoms with Gasteiger partial charge in [0.05, 0.1) is 12.5 Å². The maximum Gasteiger partial charge on any atom is 0.269 e. The van der Waals surface area contributed by atoms with E-state index in [1.807, 2.05) is 0 Å². The number of carbonyl (C=O) groups is 1. The molecule has 0 unspecified atom stereocenters. The third kappa shape index (κ3) is 2.61. The van der Waals surface area contributed by atoms with Crippen LogP contribution >= 0.6 is 0 Å². The van der Waals surface area contributed by atoms with Gasteiger partial charge in [-0.15, -0.1) is 0 Å². The predicted octanol–water partition coefficient (Wildman–Crippen LogP) is 0.529. The van der Waals surface area contributed by atoms with Crippen molar-refractivity contribution in [1.29, 1.82) is 0 Å². The van der Waals surface area contributed by atoms with E-state index in [0.29, 0.717) is 5.69 Å². The highest BCUT2D eigenvalue weighted by atomic mass is 16.1. The highest BCUT2D eigenvalue weighted by molar-refractivity contribution is 5.91. The first-order valence-corrected chi connectivity index (χ1v) is 5.67. The van der Waals surface area contributed by atoms with Gasteiger partial charge in [-0.3, -0.25) is 4.79 Å².